The lowest BCUT2D eigenvalue weighted by Crippen LogP contribution is -2.33. The Morgan fingerprint density at radius 2 is 2.00 bits per heavy atom. The van der Waals surface area contributed by atoms with E-state index in [2.05, 4.69) is 41.6 Å². The van der Waals surface area contributed by atoms with Crippen molar-refractivity contribution in [3.05, 3.63) is 33.3 Å². The minimum absolute atomic E-state index is 0.501. The minimum Gasteiger partial charge on any atom is -0.388 e. The first kappa shape index (κ1) is 17.0. The van der Waals surface area contributed by atoms with E-state index in [0.717, 1.165) is 29.5 Å². The van der Waals surface area contributed by atoms with Crippen LogP contribution in [-0.4, -0.2) is 29.1 Å². The van der Waals surface area contributed by atoms with E-state index >= 15 is 0 Å². The summed E-state index contributed by atoms with van der Waals surface area (Å²) in [5, 5.41) is 10.9. The molecule has 0 aromatic heterocycles. The molecule has 19 heavy (non-hydrogen) atoms. The largest absolute Gasteiger partial charge is 0.388 e. The predicted molar refractivity (Wildman–Crippen MR) is 85.7 cm³/mol. The first-order valence-corrected chi connectivity index (χ1v) is 7.99. The average molecular weight is 349 g/mol. The molecular weight excluding hydrogens is 326 g/mol. The lowest BCUT2D eigenvalue weighted by atomic mass is 10.1. The van der Waals surface area contributed by atoms with E-state index in [-0.39, 0.29) is 0 Å². The van der Waals surface area contributed by atoms with Gasteiger partial charge in [0.05, 0.1) is 6.10 Å². The first-order valence-electron chi connectivity index (χ1n) is 6.82. The van der Waals surface area contributed by atoms with Crippen LogP contribution in [0.4, 0.5) is 0 Å². The van der Waals surface area contributed by atoms with Crippen LogP contribution in [0.5, 0.6) is 0 Å². The maximum atomic E-state index is 10.3. The van der Waals surface area contributed by atoms with Crippen molar-refractivity contribution in [3.8, 4) is 0 Å². The van der Waals surface area contributed by atoms with Gasteiger partial charge < -0.3 is 10.0 Å². The molecule has 2 nitrogen and oxygen atoms in total. The highest BCUT2D eigenvalue weighted by molar-refractivity contribution is 9.10. The number of benzene rings is 1. The molecule has 0 aliphatic heterocycles. The molecule has 1 unspecified atom stereocenters. The third-order valence-electron chi connectivity index (χ3n) is 3.25. The Bertz CT molecular complexity index is 398. The molecule has 0 heterocycles. The fraction of sp³-hybridized carbons (Fsp3) is 0.600. The molecule has 0 bridgehead atoms. The van der Waals surface area contributed by atoms with Crippen LogP contribution in [0, 0.1) is 0 Å². The highest BCUT2D eigenvalue weighted by Gasteiger charge is 2.15. The molecule has 0 fully saturated rings. The summed E-state index contributed by atoms with van der Waals surface area (Å²) in [7, 11) is 0. The zero-order valence-corrected chi connectivity index (χ0v) is 14.2. The lowest BCUT2D eigenvalue weighted by Gasteiger charge is -2.27. The van der Waals surface area contributed by atoms with Crippen LogP contribution >= 0.6 is 27.5 Å². The van der Waals surface area contributed by atoms with Gasteiger partial charge in [0, 0.05) is 22.1 Å². The van der Waals surface area contributed by atoms with Gasteiger partial charge in [-0.25, -0.2) is 0 Å². The molecule has 1 aromatic carbocycles. The van der Waals surface area contributed by atoms with Crippen LogP contribution in [0.2, 0.25) is 5.02 Å². The van der Waals surface area contributed by atoms with Crippen molar-refractivity contribution in [1.29, 1.82) is 0 Å². The Labute approximate surface area is 129 Å². The van der Waals surface area contributed by atoms with E-state index in [1.165, 1.54) is 0 Å². The molecule has 1 rings (SSSR count). The van der Waals surface area contributed by atoms with E-state index in [4.69, 9.17) is 11.6 Å². The quantitative estimate of drug-likeness (QED) is 0.775. The van der Waals surface area contributed by atoms with Crippen LogP contribution < -0.4 is 0 Å². The third-order valence-corrected chi connectivity index (χ3v) is 4.07. The van der Waals surface area contributed by atoms with Crippen LogP contribution in [0.15, 0.2) is 22.7 Å². The van der Waals surface area contributed by atoms with Gasteiger partial charge in [0.2, 0.25) is 0 Å². The van der Waals surface area contributed by atoms with E-state index in [0.29, 0.717) is 17.5 Å². The van der Waals surface area contributed by atoms with Crippen molar-refractivity contribution in [2.75, 3.05) is 13.1 Å². The van der Waals surface area contributed by atoms with Crippen molar-refractivity contribution in [3.63, 3.8) is 0 Å². The SMILES string of the molecule is CCCN(CCC(O)c1ccc(Br)cc1Cl)C(C)C. The number of hydrogen-bond acceptors (Lipinski definition) is 2. The van der Waals surface area contributed by atoms with Crippen LogP contribution in [0.25, 0.3) is 0 Å². The van der Waals surface area contributed by atoms with E-state index in [9.17, 15) is 5.11 Å². The highest BCUT2D eigenvalue weighted by Crippen LogP contribution is 2.28. The number of rotatable bonds is 7. The van der Waals surface area contributed by atoms with Crippen molar-refractivity contribution in [2.45, 2.75) is 45.8 Å². The molecule has 1 N–H and O–H groups in total. The first-order chi connectivity index (χ1) is 8.95. The molecule has 0 spiro atoms. The molecule has 4 heteroatoms. The summed E-state index contributed by atoms with van der Waals surface area (Å²) in [5.41, 5.74) is 0.810. The molecule has 0 radical (unpaired) electrons. The summed E-state index contributed by atoms with van der Waals surface area (Å²) in [6.07, 6.45) is 1.34. The number of nitrogens with zero attached hydrogens (tertiary/aromatic N) is 1. The van der Waals surface area contributed by atoms with Crippen molar-refractivity contribution in [2.24, 2.45) is 0 Å². The van der Waals surface area contributed by atoms with Crippen LogP contribution in [0.3, 0.4) is 0 Å². The Hall–Kier alpha value is -0.0900. The van der Waals surface area contributed by atoms with Gasteiger partial charge in [-0.3, -0.25) is 0 Å². The lowest BCUT2D eigenvalue weighted by molar-refractivity contribution is 0.130. The van der Waals surface area contributed by atoms with E-state index < -0.39 is 6.10 Å². The van der Waals surface area contributed by atoms with Crippen molar-refractivity contribution >= 4 is 27.5 Å². The zero-order chi connectivity index (χ0) is 14.4. The summed E-state index contributed by atoms with van der Waals surface area (Å²) < 4.78 is 0.934. The zero-order valence-electron chi connectivity index (χ0n) is 11.9. The molecule has 108 valence electrons. The summed E-state index contributed by atoms with van der Waals surface area (Å²) >= 11 is 9.53. The smallest absolute Gasteiger partial charge is 0.0816 e. The Morgan fingerprint density at radius 1 is 1.32 bits per heavy atom. The number of aliphatic hydroxyl groups excluding tert-OH is 1. The molecule has 0 saturated heterocycles. The number of halogens is 2. The van der Waals surface area contributed by atoms with Gasteiger partial charge in [-0.05, 0) is 50.9 Å². The van der Waals surface area contributed by atoms with E-state index in [1.54, 1.807) is 0 Å². The second-order valence-corrected chi connectivity index (χ2v) is 6.42. The van der Waals surface area contributed by atoms with Gasteiger partial charge in [0.15, 0.2) is 0 Å². The Morgan fingerprint density at radius 3 is 2.53 bits per heavy atom. The topological polar surface area (TPSA) is 23.5 Å². The minimum atomic E-state index is -0.501. The second-order valence-electron chi connectivity index (χ2n) is 5.10. The van der Waals surface area contributed by atoms with Crippen molar-refractivity contribution in [1.82, 2.24) is 4.90 Å². The fourth-order valence-electron chi connectivity index (χ4n) is 2.13. The van der Waals surface area contributed by atoms with Gasteiger partial charge in [0.1, 0.15) is 0 Å². The molecule has 1 aromatic rings. The van der Waals surface area contributed by atoms with Gasteiger partial charge in [-0.1, -0.05) is 40.5 Å². The summed E-state index contributed by atoms with van der Waals surface area (Å²) in [5.74, 6) is 0. The Kier molecular flexibility index (Phi) is 7.37. The van der Waals surface area contributed by atoms with Crippen LogP contribution in [0.1, 0.15) is 45.3 Å². The molecule has 0 amide bonds. The summed E-state index contributed by atoms with van der Waals surface area (Å²) in [6, 6.07) is 6.13. The monoisotopic (exact) mass is 347 g/mol. The molecule has 1 atom stereocenters. The van der Waals surface area contributed by atoms with Crippen LogP contribution in [-0.2, 0) is 0 Å². The van der Waals surface area contributed by atoms with Gasteiger partial charge in [-0.2, -0.15) is 0 Å². The maximum Gasteiger partial charge on any atom is 0.0816 e. The predicted octanol–water partition coefficient (Wildman–Crippen LogP) is 4.65. The average Bonchev–Trinajstić information content (AvgIpc) is 2.33. The standard InChI is InChI=1S/C15H23BrClNO/c1-4-8-18(11(2)3)9-7-15(19)13-6-5-12(16)10-14(13)17/h5-6,10-11,15,19H,4,7-9H2,1-3H3. The highest BCUT2D eigenvalue weighted by atomic mass is 79.9. The number of aliphatic hydroxyl groups is 1. The molecule has 0 aliphatic rings. The fourth-order valence-corrected chi connectivity index (χ4v) is 2.93. The van der Waals surface area contributed by atoms with Gasteiger partial charge in [-0.15, -0.1) is 0 Å². The third kappa shape index (κ3) is 5.42. The summed E-state index contributed by atoms with van der Waals surface area (Å²) in [6.45, 7) is 8.51. The summed E-state index contributed by atoms with van der Waals surface area (Å²) in [4.78, 5) is 2.38. The molecule has 0 saturated carbocycles. The second kappa shape index (κ2) is 8.25. The molecule has 0 aliphatic carbocycles. The van der Waals surface area contributed by atoms with Gasteiger partial charge >= 0.3 is 0 Å². The van der Waals surface area contributed by atoms with Crippen molar-refractivity contribution < 1.29 is 5.11 Å². The van der Waals surface area contributed by atoms with Gasteiger partial charge in [0.25, 0.3) is 0 Å². The van der Waals surface area contributed by atoms with E-state index in [1.807, 2.05) is 18.2 Å². The Balaban J connectivity index is 2.61. The molecular formula is C15H23BrClNO. The number of hydrogen-bond donors (Lipinski definition) is 1. The normalized spacial score (nSPS) is 13.3. The maximum absolute atomic E-state index is 10.3.